The summed E-state index contributed by atoms with van der Waals surface area (Å²) >= 11 is 6.44. The number of hydrogen-bond acceptors (Lipinski definition) is 8. The van der Waals surface area contributed by atoms with Crippen molar-refractivity contribution >= 4 is 29.5 Å². The van der Waals surface area contributed by atoms with Crippen molar-refractivity contribution < 1.29 is 38.0 Å². The van der Waals surface area contributed by atoms with E-state index in [4.69, 9.17) is 44.8 Å². The topological polar surface area (TPSA) is 81.7 Å². The summed E-state index contributed by atoms with van der Waals surface area (Å²) in [4.78, 5) is 13.0. The summed E-state index contributed by atoms with van der Waals surface area (Å²) in [6.07, 6.45) is 7.57. The van der Waals surface area contributed by atoms with E-state index in [1.807, 2.05) is 36.4 Å². The van der Waals surface area contributed by atoms with Crippen LogP contribution in [0.1, 0.15) is 27.0 Å². The van der Waals surface area contributed by atoms with Gasteiger partial charge in [-0.25, -0.2) is 0 Å². The number of carbonyl (C=O) groups excluding carboxylic acids is 1. The van der Waals surface area contributed by atoms with Gasteiger partial charge in [-0.1, -0.05) is 29.8 Å². The maximum absolute atomic E-state index is 13.0. The predicted octanol–water partition coefficient (Wildman–Crippen LogP) is 6.55. The Hall–Kier alpha value is -4.30. The van der Waals surface area contributed by atoms with Gasteiger partial charge in [-0.05, 0) is 65.6 Å². The first-order valence-corrected chi connectivity index (χ1v) is 12.6. The zero-order chi connectivity index (χ0) is 29.2. The minimum atomic E-state index is -0.213. The fourth-order valence-corrected chi connectivity index (χ4v) is 4.34. The second-order valence-electron chi connectivity index (χ2n) is 8.36. The van der Waals surface area contributed by atoms with E-state index in [1.54, 1.807) is 46.6 Å². The first kappa shape index (κ1) is 30.2. The van der Waals surface area contributed by atoms with Gasteiger partial charge in [0.1, 0.15) is 5.75 Å². The predicted molar refractivity (Wildman–Crippen MR) is 156 cm³/mol. The first-order valence-electron chi connectivity index (χ1n) is 12.2. The van der Waals surface area contributed by atoms with Crippen molar-refractivity contribution in [1.29, 1.82) is 0 Å². The molecule has 212 valence electrons. The second kappa shape index (κ2) is 14.2. The van der Waals surface area contributed by atoms with Gasteiger partial charge in [0.25, 0.3) is 0 Å². The molecule has 0 bridgehead atoms. The summed E-state index contributed by atoms with van der Waals surface area (Å²) in [6.45, 7) is 0. The summed E-state index contributed by atoms with van der Waals surface area (Å²) in [5.41, 5.74) is 2.99. The Labute approximate surface area is 239 Å². The number of carbonyl (C=O) groups is 1. The lowest BCUT2D eigenvalue weighted by atomic mass is 10.0. The molecule has 3 aromatic rings. The molecule has 0 heterocycles. The molecule has 0 aliphatic carbocycles. The number of methoxy groups -OCH3 is 7. The van der Waals surface area contributed by atoms with Crippen molar-refractivity contribution in [2.75, 3.05) is 49.8 Å². The molecule has 9 heteroatoms. The Balaban J connectivity index is 1.92. The average Bonchev–Trinajstić information content (AvgIpc) is 2.98. The highest BCUT2D eigenvalue weighted by Crippen LogP contribution is 2.40. The van der Waals surface area contributed by atoms with Crippen LogP contribution in [0.15, 0.2) is 48.6 Å². The third-order valence-electron chi connectivity index (χ3n) is 6.11. The lowest BCUT2D eigenvalue weighted by molar-refractivity contribution is 0.104. The van der Waals surface area contributed by atoms with Crippen LogP contribution in [0, 0.1) is 0 Å². The smallest absolute Gasteiger partial charge is 0.203 e. The molecule has 0 radical (unpaired) electrons. The maximum atomic E-state index is 13.0. The second-order valence-corrected chi connectivity index (χ2v) is 8.77. The van der Waals surface area contributed by atoms with Crippen molar-refractivity contribution in [1.82, 2.24) is 0 Å². The number of ketones is 1. The van der Waals surface area contributed by atoms with Crippen LogP contribution in [-0.4, -0.2) is 55.6 Å². The van der Waals surface area contributed by atoms with E-state index in [9.17, 15) is 4.79 Å². The molecule has 0 N–H and O–H groups in total. The fourth-order valence-electron chi connectivity index (χ4n) is 4.10. The van der Waals surface area contributed by atoms with Gasteiger partial charge in [-0.3, -0.25) is 4.79 Å². The highest BCUT2D eigenvalue weighted by Gasteiger charge is 2.16. The van der Waals surface area contributed by atoms with Gasteiger partial charge in [0, 0.05) is 5.56 Å². The molecule has 40 heavy (non-hydrogen) atoms. The van der Waals surface area contributed by atoms with Crippen LogP contribution >= 0.6 is 11.6 Å². The molecule has 0 saturated carbocycles. The number of rotatable bonds is 13. The van der Waals surface area contributed by atoms with Crippen LogP contribution in [0.4, 0.5) is 0 Å². The van der Waals surface area contributed by atoms with Gasteiger partial charge < -0.3 is 33.2 Å². The third kappa shape index (κ3) is 6.82. The SMILES string of the molecule is COc1cc(C/C=C\C(=O)c2cc(OC)c(OC)c(OC)c2)c(/C=C\c2cc(OC)c(OC)c(OC)c2)cc1Cl. The maximum Gasteiger partial charge on any atom is 0.203 e. The summed E-state index contributed by atoms with van der Waals surface area (Å²) in [6, 6.07) is 10.6. The third-order valence-corrected chi connectivity index (χ3v) is 6.41. The molecule has 0 saturated heterocycles. The quantitative estimate of drug-likeness (QED) is 0.130. The normalized spacial score (nSPS) is 11.0. The molecule has 0 amide bonds. The van der Waals surface area contributed by atoms with Gasteiger partial charge in [0.2, 0.25) is 11.5 Å². The number of ether oxygens (including phenoxy) is 7. The van der Waals surface area contributed by atoms with Crippen LogP contribution in [0.25, 0.3) is 12.2 Å². The van der Waals surface area contributed by atoms with Gasteiger partial charge in [-0.15, -0.1) is 0 Å². The van der Waals surface area contributed by atoms with Crippen molar-refractivity contribution in [3.63, 3.8) is 0 Å². The summed E-state index contributed by atoms with van der Waals surface area (Å²) in [5, 5.41) is 0.466. The van der Waals surface area contributed by atoms with Gasteiger partial charge in [-0.2, -0.15) is 0 Å². The van der Waals surface area contributed by atoms with Crippen molar-refractivity contribution in [2.45, 2.75) is 6.42 Å². The molecular formula is C31H33ClO8. The first-order chi connectivity index (χ1) is 19.3. The van der Waals surface area contributed by atoms with E-state index in [1.165, 1.54) is 27.4 Å². The van der Waals surface area contributed by atoms with Crippen LogP contribution in [0.5, 0.6) is 40.2 Å². The van der Waals surface area contributed by atoms with Gasteiger partial charge in [0.05, 0.1) is 54.8 Å². The number of benzene rings is 3. The number of hydrogen-bond donors (Lipinski definition) is 0. The molecule has 0 aromatic heterocycles. The Morgan fingerprint density at radius 3 is 1.62 bits per heavy atom. The Morgan fingerprint density at radius 1 is 0.650 bits per heavy atom. The van der Waals surface area contributed by atoms with E-state index in [-0.39, 0.29) is 5.78 Å². The lowest BCUT2D eigenvalue weighted by Gasteiger charge is -2.13. The number of allylic oxidation sites excluding steroid dienone is 2. The standard InChI is InChI=1S/C31H33ClO8/c1-34-25-16-20(9-8-10-24(33)22-17-28(37-4)31(40-7)29(18-22)38-5)21(15-23(25)32)12-11-19-13-26(35-2)30(39-6)27(14-19)36-3/h8,10-18H,9H2,1-7H3/b10-8-,12-11-. The minimum absolute atomic E-state index is 0.213. The highest BCUT2D eigenvalue weighted by molar-refractivity contribution is 6.32. The summed E-state index contributed by atoms with van der Waals surface area (Å²) in [5.74, 6) is 3.14. The Bertz CT molecular complexity index is 1360. The zero-order valence-corrected chi connectivity index (χ0v) is 24.4. The fraction of sp³-hybridized carbons (Fsp3) is 0.258. The summed E-state index contributed by atoms with van der Waals surface area (Å²) < 4.78 is 37.8. The highest BCUT2D eigenvalue weighted by atomic mass is 35.5. The van der Waals surface area contributed by atoms with Crippen LogP contribution in [-0.2, 0) is 6.42 Å². The molecule has 0 spiro atoms. The van der Waals surface area contributed by atoms with Crippen LogP contribution in [0.3, 0.4) is 0 Å². The molecule has 0 aliphatic rings. The molecule has 0 aliphatic heterocycles. The lowest BCUT2D eigenvalue weighted by Crippen LogP contribution is -2.01. The molecule has 8 nitrogen and oxygen atoms in total. The zero-order valence-electron chi connectivity index (χ0n) is 23.6. The van der Waals surface area contributed by atoms with E-state index in [0.717, 1.165) is 16.7 Å². The monoisotopic (exact) mass is 568 g/mol. The molecule has 3 aromatic carbocycles. The van der Waals surface area contributed by atoms with Gasteiger partial charge in [0.15, 0.2) is 28.8 Å². The minimum Gasteiger partial charge on any atom is -0.495 e. The number of halogens is 1. The van der Waals surface area contributed by atoms with E-state index >= 15 is 0 Å². The molecular weight excluding hydrogens is 536 g/mol. The molecule has 0 atom stereocenters. The van der Waals surface area contributed by atoms with Crippen LogP contribution < -0.4 is 33.2 Å². The largest absolute Gasteiger partial charge is 0.495 e. The van der Waals surface area contributed by atoms with E-state index < -0.39 is 0 Å². The van der Waals surface area contributed by atoms with Crippen LogP contribution in [0.2, 0.25) is 5.02 Å². The molecule has 0 unspecified atom stereocenters. The van der Waals surface area contributed by atoms with Crippen molar-refractivity contribution in [3.05, 3.63) is 75.8 Å². The van der Waals surface area contributed by atoms with Crippen molar-refractivity contribution in [2.24, 2.45) is 0 Å². The average molecular weight is 569 g/mol. The molecule has 3 rings (SSSR count). The van der Waals surface area contributed by atoms with E-state index in [0.29, 0.717) is 57.3 Å². The van der Waals surface area contributed by atoms with Gasteiger partial charge >= 0.3 is 0 Å². The van der Waals surface area contributed by atoms with E-state index in [2.05, 4.69) is 0 Å². The molecule has 0 fully saturated rings. The summed E-state index contributed by atoms with van der Waals surface area (Å²) in [7, 11) is 10.8. The Morgan fingerprint density at radius 2 is 1.15 bits per heavy atom. The van der Waals surface area contributed by atoms with Crippen molar-refractivity contribution in [3.8, 4) is 40.2 Å². The Kier molecular flexibility index (Phi) is 10.7.